The smallest absolute Gasteiger partial charge is 0.415 e. The molecule has 1 aromatic carbocycles. The molecule has 1 saturated carbocycles. The lowest BCUT2D eigenvalue weighted by Gasteiger charge is -2.15. The number of carboxylic acids is 1. The van der Waals surface area contributed by atoms with Crippen LogP contribution in [0.15, 0.2) is 24.3 Å². The van der Waals surface area contributed by atoms with Crippen LogP contribution in [0.3, 0.4) is 0 Å². The number of benzene rings is 1. The van der Waals surface area contributed by atoms with E-state index in [0.29, 0.717) is 12.2 Å². The molecule has 1 aliphatic heterocycles. The van der Waals surface area contributed by atoms with Crippen LogP contribution in [-0.4, -0.2) is 29.3 Å². The summed E-state index contributed by atoms with van der Waals surface area (Å²) in [6.07, 6.45) is 1.28. The van der Waals surface area contributed by atoms with Gasteiger partial charge in [-0.3, -0.25) is 4.90 Å². The molecule has 1 saturated heterocycles. The summed E-state index contributed by atoms with van der Waals surface area (Å²) in [5.74, 6) is -1.04. The Morgan fingerprint density at radius 2 is 2.06 bits per heavy atom. The first-order valence-corrected chi connectivity index (χ1v) is 5.44. The van der Waals surface area contributed by atoms with Crippen molar-refractivity contribution >= 4 is 17.7 Å². The summed E-state index contributed by atoms with van der Waals surface area (Å²) in [5.41, 5.74) is 0.193. The Balaban J connectivity index is 1.99. The van der Waals surface area contributed by atoms with Gasteiger partial charge in [-0.2, -0.15) is 0 Å². The van der Waals surface area contributed by atoms with Crippen LogP contribution in [0.4, 0.5) is 10.5 Å². The van der Waals surface area contributed by atoms with Gasteiger partial charge in [0.25, 0.3) is 0 Å². The first-order chi connectivity index (χ1) is 8.11. The number of aromatic carboxylic acids is 1. The van der Waals surface area contributed by atoms with Crippen LogP contribution < -0.4 is 4.90 Å². The quantitative estimate of drug-likeness (QED) is 0.846. The number of nitrogens with zero attached hydrogens (tertiary/aromatic N) is 1. The van der Waals surface area contributed by atoms with Gasteiger partial charge >= 0.3 is 12.1 Å². The predicted molar refractivity (Wildman–Crippen MR) is 59.2 cm³/mol. The molecule has 1 spiro atoms. The van der Waals surface area contributed by atoms with E-state index in [2.05, 4.69) is 0 Å². The minimum atomic E-state index is -1.04. The molecule has 2 aliphatic rings. The average Bonchev–Trinajstić information content (AvgIpc) is 2.96. The molecule has 88 valence electrons. The van der Waals surface area contributed by atoms with E-state index in [-0.39, 0.29) is 11.2 Å². The Hall–Kier alpha value is -2.04. The van der Waals surface area contributed by atoms with Crippen LogP contribution in [0.25, 0.3) is 0 Å². The van der Waals surface area contributed by atoms with E-state index in [0.717, 1.165) is 12.8 Å². The normalized spacial score (nSPS) is 20.5. The highest BCUT2D eigenvalue weighted by Crippen LogP contribution is 2.46. The molecule has 0 radical (unpaired) electrons. The second kappa shape index (κ2) is 3.23. The molecule has 0 atom stereocenters. The number of ether oxygens (including phenoxy) is 1. The Labute approximate surface area is 97.6 Å². The highest BCUT2D eigenvalue weighted by Gasteiger charge is 2.55. The lowest BCUT2D eigenvalue weighted by atomic mass is 10.1. The summed E-state index contributed by atoms with van der Waals surface area (Å²) in [5, 5.41) is 9.08. The van der Waals surface area contributed by atoms with Crippen LogP contribution in [0.2, 0.25) is 0 Å². The third-order valence-corrected chi connectivity index (χ3v) is 3.20. The maximum Gasteiger partial charge on any atom is 0.415 e. The monoisotopic (exact) mass is 233 g/mol. The Kier molecular flexibility index (Phi) is 1.92. The van der Waals surface area contributed by atoms with E-state index in [1.807, 2.05) is 0 Å². The number of carboxylic acid groups (broad SMARTS) is 1. The average molecular weight is 233 g/mol. The predicted octanol–water partition coefficient (Wildman–Crippen LogP) is 1.87. The van der Waals surface area contributed by atoms with Crippen molar-refractivity contribution in [3.8, 4) is 0 Å². The molecule has 17 heavy (non-hydrogen) atoms. The van der Waals surface area contributed by atoms with Crippen molar-refractivity contribution in [2.75, 3.05) is 11.4 Å². The van der Waals surface area contributed by atoms with Crippen LogP contribution in [0, 0.1) is 0 Å². The fourth-order valence-electron chi connectivity index (χ4n) is 2.10. The van der Waals surface area contributed by atoms with Gasteiger partial charge in [0.2, 0.25) is 0 Å². The van der Waals surface area contributed by atoms with Crippen molar-refractivity contribution in [2.45, 2.75) is 18.4 Å². The SMILES string of the molecule is O=C(O)c1ccccc1N1CC2(CC2)OC1=O. The van der Waals surface area contributed by atoms with Crippen molar-refractivity contribution in [1.29, 1.82) is 0 Å². The van der Waals surface area contributed by atoms with Crippen LogP contribution in [0.1, 0.15) is 23.2 Å². The van der Waals surface area contributed by atoms with E-state index in [1.165, 1.54) is 11.0 Å². The Bertz CT molecular complexity index is 507. The molecule has 1 aliphatic carbocycles. The molecule has 2 fully saturated rings. The Morgan fingerprint density at radius 3 is 2.65 bits per heavy atom. The minimum absolute atomic E-state index is 0.127. The lowest BCUT2D eigenvalue weighted by molar-refractivity contribution is 0.0697. The second-order valence-corrected chi connectivity index (χ2v) is 4.46. The first-order valence-electron chi connectivity index (χ1n) is 5.44. The number of rotatable bonds is 2. The topological polar surface area (TPSA) is 66.8 Å². The van der Waals surface area contributed by atoms with Crippen molar-refractivity contribution in [3.63, 3.8) is 0 Å². The summed E-state index contributed by atoms with van der Waals surface area (Å²) < 4.78 is 5.26. The number of para-hydroxylation sites is 1. The van der Waals surface area contributed by atoms with E-state index in [9.17, 15) is 9.59 Å². The van der Waals surface area contributed by atoms with Gasteiger partial charge in [-0.25, -0.2) is 9.59 Å². The number of carbonyl (C=O) groups is 2. The fourth-order valence-corrected chi connectivity index (χ4v) is 2.10. The molecule has 3 rings (SSSR count). The molecule has 1 amide bonds. The molecule has 1 heterocycles. The van der Waals surface area contributed by atoms with Gasteiger partial charge in [0.1, 0.15) is 5.60 Å². The van der Waals surface area contributed by atoms with Crippen molar-refractivity contribution < 1.29 is 19.4 Å². The summed E-state index contributed by atoms with van der Waals surface area (Å²) in [6.45, 7) is 0.454. The van der Waals surface area contributed by atoms with E-state index in [1.54, 1.807) is 18.2 Å². The molecule has 5 nitrogen and oxygen atoms in total. The van der Waals surface area contributed by atoms with Crippen LogP contribution in [0.5, 0.6) is 0 Å². The molecule has 1 aromatic rings. The largest absolute Gasteiger partial charge is 0.478 e. The van der Waals surface area contributed by atoms with Crippen molar-refractivity contribution in [2.24, 2.45) is 0 Å². The van der Waals surface area contributed by atoms with Gasteiger partial charge in [0, 0.05) is 0 Å². The zero-order chi connectivity index (χ0) is 12.0. The van der Waals surface area contributed by atoms with Crippen LogP contribution >= 0.6 is 0 Å². The maximum atomic E-state index is 11.7. The zero-order valence-electron chi connectivity index (χ0n) is 9.05. The molecular formula is C12H11NO4. The third kappa shape index (κ3) is 1.54. The third-order valence-electron chi connectivity index (χ3n) is 3.20. The molecule has 0 unspecified atom stereocenters. The zero-order valence-corrected chi connectivity index (χ0v) is 9.05. The molecular weight excluding hydrogens is 222 g/mol. The number of hydrogen-bond donors (Lipinski definition) is 1. The molecule has 0 bridgehead atoms. The minimum Gasteiger partial charge on any atom is -0.478 e. The summed E-state index contributed by atoms with van der Waals surface area (Å²) in [6, 6.07) is 6.48. The van der Waals surface area contributed by atoms with E-state index >= 15 is 0 Å². The standard InChI is InChI=1S/C12H11NO4/c14-10(15)8-3-1-2-4-9(8)13-7-12(5-6-12)17-11(13)16/h1-4H,5-7H2,(H,14,15). The number of hydrogen-bond acceptors (Lipinski definition) is 3. The number of carbonyl (C=O) groups excluding carboxylic acids is 1. The molecule has 0 aromatic heterocycles. The molecule has 1 N–H and O–H groups in total. The van der Waals surface area contributed by atoms with Gasteiger partial charge in [0.05, 0.1) is 17.8 Å². The van der Waals surface area contributed by atoms with Gasteiger partial charge in [-0.05, 0) is 25.0 Å². The highest BCUT2D eigenvalue weighted by molar-refractivity contribution is 6.01. The van der Waals surface area contributed by atoms with Gasteiger partial charge < -0.3 is 9.84 Å². The molecule has 5 heteroatoms. The lowest BCUT2D eigenvalue weighted by Crippen LogP contribution is -2.26. The second-order valence-electron chi connectivity index (χ2n) is 4.46. The van der Waals surface area contributed by atoms with E-state index < -0.39 is 12.1 Å². The van der Waals surface area contributed by atoms with Crippen molar-refractivity contribution in [1.82, 2.24) is 0 Å². The first kappa shape index (κ1) is 10.1. The van der Waals surface area contributed by atoms with Gasteiger partial charge in [-0.1, -0.05) is 12.1 Å². The summed E-state index contributed by atoms with van der Waals surface area (Å²) >= 11 is 0. The summed E-state index contributed by atoms with van der Waals surface area (Å²) in [7, 11) is 0. The van der Waals surface area contributed by atoms with Crippen LogP contribution in [-0.2, 0) is 4.74 Å². The highest BCUT2D eigenvalue weighted by atomic mass is 16.6. The maximum absolute atomic E-state index is 11.7. The summed E-state index contributed by atoms with van der Waals surface area (Å²) in [4.78, 5) is 24.2. The van der Waals surface area contributed by atoms with Crippen molar-refractivity contribution in [3.05, 3.63) is 29.8 Å². The number of amides is 1. The Morgan fingerprint density at radius 1 is 1.35 bits per heavy atom. The fraction of sp³-hybridized carbons (Fsp3) is 0.333. The number of anilines is 1. The van der Waals surface area contributed by atoms with E-state index in [4.69, 9.17) is 9.84 Å². The van der Waals surface area contributed by atoms with Gasteiger partial charge in [-0.15, -0.1) is 0 Å². The van der Waals surface area contributed by atoms with Gasteiger partial charge in [0.15, 0.2) is 0 Å².